The predicted octanol–water partition coefficient (Wildman–Crippen LogP) is 4.41. The van der Waals surface area contributed by atoms with Gasteiger partial charge >= 0.3 is 0 Å². The zero-order chi connectivity index (χ0) is 24.1. The number of aliphatic hydroxyl groups is 1. The van der Waals surface area contributed by atoms with Crippen molar-refractivity contribution in [1.82, 2.24) is 9.97 Å². The van der Waals surface area contributed by atoms with E-state index in [-0.39, 0.29) is 12.7 Å². The minimum atomic E-state index is -0.00202. The Labute approximate surface area is 201 Å². The van der Waals surface area contributed by atoms with Crippen LogP contribution in [0.1, 0.15) is 25.0 Å². The first-order chi connectivity index (χ1) is 16.4. The van der Waals surface area contributed by atoms with Crippen molar-refractivity contribution in [3.05, 3.63) is 59.8 Å². The molecule has 0 radical (unpaired) electrons. The average Bonchev–Trinajstić information content (AvgIpc) is 2.84. The molecule has 34 heavy (non-hydrogen) atoms. The van der Waals surface area contributed by atoms with Gasteiger partial charge in [0.05, 0.1) is 25.9 Å². The van der Waals surface area contributed by atoms with Crippen LogP contribution in [-0.2, 0) is 11.3 Å². The second-order valence-corrected chi connectivity index (χ2v) is 8.68. The molecule has 180 valence electrons. The van der Waals surface area contributed by atoms with Gasteiger partial charge in [0.15, 0.2) is 0 Å². The van der Waals surface area contributed by atoms with Gasteiger partial charge in [-0.25, -0.2) is 4.98 Å². The van der Waals surface area contributed by atoms with Crippen LogP contribution in [0.2, 0.25) is 0 Å². The Hall–Kier alpha value is -3.36. The smallest absolute Gasteiger partial charge is 0.229 e. The number of ether oxygens (including phenoxy) is 2. The number of nitrogens with one attached hydrogen (secondary N) is 1. The first-order valence-electron chi connectivity index (χ1n) is 11.6. The molecule has 1 aliphatic rings. The zero-order valence-electron chi connectivity index (χ0n) is 20.3. The quantitative estimate of drug-likeness (QED) is 0.508. The second kappa shape index (κ2) is 10.7. The summed E-state index contributed by atoms with van der Waals surface area (Å²) < 4.78 is 11.5. The fraction of sp³-hybridized carbons (Fsp3) is 0.385. The Balaban J connectivity index is 1.61. The van der Waals surface area contributed by atoms with Crippen molar-refractivity contribution in [2.45, 2.75) is 33.5 Å². The van der Waals surface area contributed by atoms with Crippen molar-refractivity contribution in [3.63, 3.8) is 0 Å². The first kappa shape index (κ1) is 23.8. The second-order valence-electron chi connectivity index (χ2n) is 8.68. The molecular weight excluding hydrogens is 430 g/mol. The lowest BCUT2D eigenvalue weighted by atomic mass is 10.1. The number of nitrogens with zero attached hydrogens (tertiary/aromatic N) is 4. The molecule has 8 nitrogen and oxygen atoms in total. The van der Waals surface area contributed by atoms with Crippen molar-refractivity contribution >= 4 is 28.8 Å². The van der Waals surface area contributed by atoms with E-state index in [2.05, 4.69) is 27.3 Å². The zero-order valence-corrected chi connectivity index (χ0v) is 20.3. The molecule has 2 heterocycles. The molecule has 0 aliphatic carbocycles. The van der Waals surface area contributed by atoms with Gasteiger partial charge in [0.25, 0.3) is 0 Å². The Kier molecular flexibility index (Phi) is 7.49. The predicted molar refractivity (Wildman–Crippen MR) is 136 cm³/mol. The van der Waals surface area contributed by atoms with Gasteiger partial charge in [-0.3, -0.25) is 0 Å². The van der Waals surface area contributed by atoms with Crippen LogP contribution in [0, 0.1) is 6.92 Å². The Morgan fingerprint density at radius 3 is 2.68 bits per heavy atom. The van der Waals surface area contributed by atoms with Crippen LogP contribution in [0.25, 0.3) is 0 Å². The monoisotopic (exact) mass is 463 g/mol. The highest BCUT2D eigenvalue weighted by Crippen LogP contribution is 2.31. The SMILES string of the molecule is Cc1ccc(CO)cc1N(C)c1ccnc(Nc2cc(OC(C)C)cc(N3CCOCC3)c2)n1. The lowest BCUT2D eigenvalue weighted by Gasteiger charge is -2.29. The number of aliphatic hydroxyl groups excluding tert-OH is 1. The van der Waals surface area contributed by atoms with Crippen LogP contribution in [0.4, 0.5) is 28.8 Å². The first-order valence-corrected chi connectivity index (χ1v) is 11.6. The number of aromatic nitrogens is 2. The van der Waals surface area contributed by atoms with E-state index in [4.69, 9.17) is 14.5 Å². The van der Waals surface area contributed by atoms with E-state index in [9.17, 15) is 5.11 Å². The van der Waals surface area contributed by atoms with E-state index in [1.54, 1.807) is 6.20 Å². The van der Waals surface area contributed by atoms with Gasteiger partial charge in [-0.2, -0.15) is 4.98 Å². The number of benzene rings is 2. The van der Waals surface area contributed by atoms with Gasteiger partial charge in [0.1, 0.15) is 11.6 Å². The summed E-state index contributed by atoms with van der Waals surface area (Å²) in [6.45, 7) is 9.19. The summed E-state index contributed by atoms with van der Waals surface area (Å²) in [5.74, 6) is 2.04. The molecule has 3 aromatic rings. The van der Waals surface area contributed by atoms with Crippen molar-refractivity contribution in [2.24, 2.45) is 0 Å². The summed E-state index contributed by atoms with van der Waals surface area (Å²) in [7, 11) is 1.96. The highest BCUT2D eigenvalue weighted by molar-refractivity contribution is 5.68. The van der Waals surface area contributed by atoms with Crippen molar-refractivity contribution in [3.8, 4) is 5.75 Å². The minimum absolute atomic E-state index is 0.00202. The number of hydrogen-bond acceptors (Lipinski definition) is 8. The van der Waals surface area contributed by atoms with Gasteiger partial charge in [-0.15, -0.1) is 0 Å². The van der Waals surface area contributed by atoms with E-state index in [1.165, 1.54) is 0 Å². The Morgan fingerprint density at radius 1 is 1.15 bits per heavy atom. The summed E-state index contributed by atoms with van der Waals surface area (Å²) in [5.41, 5.74) is 4.88. The van der Waals surface area contributed by atoms with Gasteiger partial charge < -0.3 is 29.7 Å². The molecule has 1 aliphatic heterocycles. The molecule has 0 spiro atoms. The molecule has 0 atom stereocenters. The largest absolute Gasteiger partial charge is 0.491 e. The maximum atomic E-state index is 9.53. The van der Waals surface area contributed by atoms with Crippen LogP contribution in [0.3, 0.4) is 0 Å². The summed E-state index contributed by atoms with van der Waals surface area (Å²) >= 11 is 0. The highest BCUT2D eigenvalue weighted by atomic mass is 16.5. The molecule has 0 amide bonds. The van der Waals surface area contributed by atoms with Gasteiger partial charge in [-0.1, -0.05) is 12.1 Å². The number of anilines is 5. The Bertz CT molecular complexity index is 1120. The number of aryl methyl sites for hydroxylation is 1. The van der Waals surface area contributed by atoms with Crippen LogP contribution < -0.4 is 19.9 Å². The third kappa shape index (κ3) is 5.76. The van der Waals surface area contributed by atoms with Crippen LogP contribution >= 0.6 is 0 Å². The molecule has 2 aromatic carbocycles. The van der Waals surface area contributed by atoms with Crippen molar-refractivity contribution < 1.29 is 14.6 Å². The van der Waals surface area contributed by atoms with E-state index in [0.29, 0.717) is 19.2 Å². The fourth-order valence-electron chi connectivity index (χ4n) is 3.96. The standard InChI is InChI=1S/C26H33N5O3/c1-18(2)34-23-15-21(14-22(16-23)31-9-11-33-12-10-31)28-26-27-8-7-25(29-26)30(4)24-13-20(17-32)6-5-19(24)3/h5-8,13-16,18,32H,9-12,17H2,1-4H3,(H,27,28,29). The normalized spacial score (nSPS) is 13.8. The van der Waals surface area contributed by atoms with Gasteiger partial charge in [0, 0.05) is 55.5 Å². The van der Waals surface area contributed by atoms with Crippen molar-refractivity contribution in [2.75, 3.05) is 48.5 Å². The molecule has 8 heteroatoms. The molecule has 0 unspecified atom stereocenters. The van der Waals surface area contributed by atoms with E-state index < -0.39 is 0 Å². The maximum Gasteiger partial charge on any atom is 0.229 e. The lowest BCUT2D eigenvalue weighted by molar-refractivity contribution is 0.122. The molecule has 1 saturated heterocycles. The molecule has 1 fully saturated rings. The molecule has 2 N–H and O–H groups in total. The minimum Gasteiger partial charge on any atom is -0.491 e. The summed E-state index contributed by atoms with van der Waals surface area (Å²) in [5, 5.41) is 12.9. The Morgan fingerprint density at radius 2 is 1.94 bits per heavy atom. The number of morpholine rings is 1. The highest BCUT2D eigenvalue weighted by Gasteiger charge is 2.15. The molecule has 1 aromatic heterocycles. The summed E-state index contributed by atoms with van der Waals surface area (Å²) in [6.07, 6.45) is 1.81. The van der Waals surface area contributed by atoms with E-state index in [1.807, 2.05) is 63.1 Å². The van der Waals surface area contributed by atoms with Crippen LogP contribution in [-0.4, -0.2) is 54.5 Å². The van der Waals surface area contributed by atoms with E-state index in [0.717, 1.165) is 52.8 Å². The molecule has 0 bridgehead atoms. The average molecular weight is 464 g/mol. The number of rotatable bonds is 8. The third-order valence-electron chi connectivity index (χ3n) is 5.70. The number of hydrogen-bond donors (Lipinski definition) is 2. The van der Waals surface area contributed by atoms with Crippen molar-refractivity contribution in [1.29, 1.82) is 0 Å². The third-order valence-corrected chi connectivity index (χ3v) is 5.70. The van der Waals surface area contributed by atoms with E-state index >= 15 is 0 Å². The summed E-state index contributed by atoms with van der Waals surface area (Å²) in [6, 6.07) is 13.9. The lowest BCUT2D eigenvalue weighted by Crippen LogP contribution is -2.36. The van der Waals surface area contributed by atoms with Crippen LogP contribution in [0.5, 0.6) is 5.75 Å². The van der Waals surface area contributed by atoms with Gasteiger partial charge in [0.2, 0.25) is 5.95 Å². The summed E-state index contributed by atoms with van der Waals surface area (Å²) in [4.78, 5) is 13.5. The van der Waals surface area contributed by atoms with Gasteiger partial charge in [-0.05, 0) is 50.1 Å². The molecular formula is C26H33N5O3. The maximum absolute atomic E-state index is 9.53. The van der Waals surface area contributed by atoms with Crippen LogP contribution in [0.15, 0.2) is 48.7 Å². The fourth-order valence-corrected chi connectivity index (χ4v) is 3.96. The topological polar surface area (TPSA) is 83.0 Å². The molecule has 0 saturated carbocycles. The molecule has 4 rings (SSSR count).